The van der Waals surface area contributed by atoms with Crippen LogP contribution in [0.3, 0.4) is 0 Å². The predicted molar refractivity (Wildman–Crippen MR) is 80.3 cm³/mol. The summed E-state index contributed by atoms with van der Waals surface area (Å²) in [6.45, 7) is 5.54. The number of ether oxygens (including phenoxy) is 1. The van der Waals surface area contributed by atoms with Crippen LogP contribution in [-0.4, -0.2) is 11.6 Å². The lowest BCUT2D eigenvalue weighted by Crippen LogP contribution is -2.40. The van der Waals surface area contributed by atoms with Gasteiger partial charge in [-0.05, 0) is 63.2 Å². The van der Waals surface area contributed by atoms with Gasteiger partial charge in [-0.3, -0.25) is 0 Å². The molecule has 0 N–H and O–H groups in total. The van der Waals surface area contributed by atoms with Gasteiger partial charge < -0.3 is 4.74 Å². The normalized spacial score (nSPS) is 32.9. The highest BCUT2D eigenvalue weighted by molar-refractivity contribution is 5.87. The molecule has 0 heterocycles. The summed E-state index contributed by atoms with van der Waals surface area (Å²) in [6, 6.07) is 0. The van der Waals surface area contributed by atoms with E-state index in [1.54, 1.807) is 6.92 Å². The monoisotopic (exact) mass is 276 g/mol. The molecular formula is C18H28O2. The Balaban J connectivity index is 1.81. The third kappa shape index (κ3) is 2.42. The van der Waals surface area contributed by atoms with E-state index < -0.39 is 0 Å². The molecule has 0 aromatic rings. The van der Waals surface area contributed by atoms with Crippen molar-refractivity contribution in [2.45, 2.75) is 83.2 Å². The number of esters is 1. The smallest absolute Gasteiger partial charge is 0.333 e. The predicted octanol–water partition coefficient (Wildman–Crippen LogP) is 4.78. The average molecular weight is 276 g/mol. The lowest BCUT2D eigenvalue weighted by Gasteiger charge is -2.37. The Hall–Kier alpha value is -0.790. The maximum atomic E-state index is 12.1. The van der Waals surface area contributed by atoms with Crippen molar-refractivity contribution in [1.82, 2.24) is 0 Å². The maximum absolute atomic E-state index is 12.1. The second kappa shape index (κ2) is 5.20. The van der Waals surface area contributed by atoms with Gasteiger partial charge in [0.2, 0.25) is 0 Å². The molecule has 0 amide bonds. The van der Waals surface area contributed by atoms with E-state index in [4.69, 9.17) is 4.74 Å². The molecule has 112 valence electrons. The third-order valence-corrected chi connectivity index (χ3v) is 6.16. The van der Waals surface area contributed by atoms with E-state index in [0.717, 1.165) is 12.8 Å². The Morgan fingerprint density at radius 2 is 1.70 bits per heavy atom. The van der Waals surface area contributed by atoms with Crippen LogP contribution in [0.2, 0.25) is 0 Å². The summed E-state index contributed by atoms with van der Waals surface area (Å²) in [5.74, 6) is 0.442. The molecule has 0 bridgehead atoms. The zero-order valence-electron chi connectivity index (χ0n) is 12.9. The molecule has 0 aromatic carbocycles. The first-order chi connectivity index (χ1) is 9.55. The number of carbonyl (C=O) groups excluding carboxylic acids is 1. The fourth-order valence-electron chi connectivity index (χ4n) is 5.08. The first-order valence-corrected chi connectivity index (χ1v) is 8.44. The Labute approximate surface area is 123 Å². The van der Waals surface area contributed by atoms with Gasteiger partial charge in [0.15, 0.2) is 0 Å². The van der Waals surface area contributed by atoms with Crippen LogP contribution in [0.5, 0.6) is 0 Å². The Kier molecular flexibility index (Phi) is 3.68. The Bertz CT molecular complexity index is 400. The number of rotatable bonds is 3. The van der Waals surface area contributed by atoms with Crippen molar-refractivity contribution in [3.05, 3.63) is 12.2 Å². The van der Waals surface area contributed by atoms with E-state index in [9.17, 15) is 4.79 Å². The third-order valence-electron chi connectivity index (χ3n) is 6.16. The van der Waals surface area contributed by atoms with Crippen molar-refractivity contribution in [2.24, 2.45) is 11.3 Å². The highest BCUT2D eigenvalue weighted by atomic mass is 16.6. The van der Waals surface area contributed by atoms with Crippen molar-refractivity contribution in [3.8, 4) is 0 Å². The SMILES string of the molecule is C=C(C)C(=O)OC1(C2CCCC2)CCC2(CCCC2)C1. The summed E-state index contributed by atoms with van der Waals surface area (Å²) in [5.41, 5.74) is 0.893. The van der Waals surface area contributed by atoms with Gasteiger partial charge in [-0.15, -0.1) is 0 Å². The van der Waals surface area contributed by atoms with Crippen molar-refractivity contribution < 1.29 is 9.53 Å². The molecule has 0 aromatic heterocycles. The Morgan fingerprint density at radius 3 is 2.30 bits per heavy atom. The van der Waals surface area contributed by atoms with Crippen LogP contribution in [0.4, 0.5) is 0 Å². The minimum Gasteiger partial charge on any atom is -0.455 e. The van der Waals surface area contributed by atoms with Crippen molar-refractivity contribution >= 4 is 5.97 Å². The fraction of sp³-hybridized carbons (Fsp3) is 0.833. The van der Waals surface area contributed by atoms with Gasteiger partial charge in [0.1, 0.15) is 5.60 Å². The summed E-state index contributed by atoms with van der Waals surface area (Å²) in [7, 11) is 0. The topological polar surface area (TPSA) is 26.3 Å². The largest absolute Gasteiger partial charge is 0.455 e. The van der Waals surface area contributed by atoms with E-state index >= 15 is 0 Å². The zero-order chi connectivity index (χ0) is 14.2. The molecular weight excluding hydrogens is 248 g/mol. The molecule has 3 saturated carbocycles. The summed E-state index contributed by atoms with van der Waals surface area (Å²) >= 11 is 0. The minimum atomic E-state index is -0.160. The molecule has 0 aliphatic heterocycles. The van der Waals surface area contributed by atoms with Gasteiger partial charge in [0.05, 0.1) is 0 Å². The standard InChI is InChI=1S/C18H28O2/c1-14(2)16(19)20-18(15-7-3-4-8-15)12-11-17(13-18)9-5-6-10-17/h15H,1,3-13H2,2H3. The summed E-state index contributed by atoms with van der Waals surface area (Å²) < 4.78 is 6.09. The second-order valence-corrected chi connectivity index (χ2v) is 7.60. The van der Waals surface area contributed by atoms with E-state index in [0.29, 0.717) is 16.9 Å². The molecule has 3 aliphatic carbocycles. The molecule has 1 atom stereocenters. The molecule has 0 radical (unpaired) electrons. The van der Waals surface area contributed by atoms with E-state index in [1.165, 1.54) is 57.8 Å². The van der Waals surface area contributed by atoms with Crippen LogP contribution in [0.15, 0.2) is 12.2 Å². The van der Waals surface area contributed by atoms with Crippen LogP contribution >= 0.6 is 0 Å². The molecule has 3 aliphatic rings. The molecule has 2 nitrogen and oxygen atoms in total. The molecule has 20 heavy (non-hydrogen) atoms. The van der Waals surface area contributed by atoms with Gasteiger partial charge >= 0.3 is 5.97 Å². The number of carbonyl (C=O) groups is 1. The van der Waals surface area contributed by atoms with Gasteiger partial charge in [0.25, 0.3) is 0 Å². The lowest BCUT2D eigenvalue weighted by molar-refractivity contribution is -0.161. The first-order valence-electron chi connectivity index (χ1n) is 8.44. The van der Waals surface area contributed by atoms with Crippen LogP contribution < -0.4 is 0 Å². The van der Waals surface area contributed by atoms with Gasteiger partial charge in [-0.2, -0.15) is 0 Å². The van der Waals surface area contributed by atoms with Gasteiger partial charge in [0, 0.05) is 5.57 Å². The summed E-state index contributed by atoms with van der Waals surface area (Å²) in [4.78, 5) is 12.1. The average Bonchev–Trinajstić information content (AvgIpc) is 3.13. The van der Waals surface area contributed by atoms with Crippen molar-refractivity contribution in [3.63, 3.8) is 0 Å². The summed E-state index contributed by atoms with van der Waals surface area (Å²) in [5, 5.41) is 0. The van der Waals surface area contributed by atoms with Crippen LogP contribution in [0.25, 0.3) is 0 Å². The zero-order valence-corrected chi connectivity index (χ0v) is 12.9. The fourth-order valence-corrected chi connectivity index (χ4v) is 5.08. The first kappa shape index (κ1) is 14.2. The molecule has 0 saturated heterocycles. The number of hydrogen-bond donors (Lipinski definition) is 0. The van der Waals surface area contributed by atoms with E-state index in [1.807, 2.05) is 0 Å². The van der Waals surface area contributed by atoms with Crippen LogP contribution in [0.1, 0.15) is 77.6 Å². The minimum absolute atomic E-state index is 0.156. The lowest BCUT2D eigenvalue weighted by atomic mass is 9.78. The molecule has 3 fully saturated rings. The van der Waals surface area contributed by atoms with E-state index in [2.05, 4.69) is 6.58 Å². The summed E-state index contributed by atoms with van der Waals surface area (Å²) in [6.07, 6.45) is 14.1. The molecule has 1 unspecified atom stereocenters. The second-order valence-electron chi connectivity index (χ2n) is 7.60. The molecule has 1 spiro atoms. The van der Waals surface area contributed by atoms with Crippen LogP contribution in [0, 0.1) is 11.3 Å². The van der Waals surface area contributed by atoms with Gasteiger partial charge in [-0.1, -0.05) is 32.3 Å². The van der Waals surface area contributed by atoms with Crippen molar-refractivity contribution in [1.29, 1.82) is 0 Å². The van der Waals surface area contributed by atoms with Crippen LogP contribution in [-0.2, 0) is 9.53 Å². The van der Waals surface area contributed by atoms with Crippen molar-refractivity contribution in [2.75, 3.05) is 0 Å². The highest BCUT2D eigenvalue weighted by Crippen LogP contribution is 2.59. The quantitative estimate of drug-likeness (QED) is 0.548. The van der Waals surface area contributed by atoms with Gasteiger partial charge in [-0.25, -0.2) is 4.79 Å². The number of hydrogen-bond acceptors (Lipinski definition) is 2. The van der Waals surface area contributed by atoms with E-state index in [-0.39, 0.29) is 11.6 Å². The highest BCUT2D eigenvalue weighted by Gasteiger charge is 2.55. The molecule has 3 rings (SSSR count). The molecule has 2 heteroatoms. The Morgan fingerprint density at radius 1 is 1.05 bits per heavy atom. The maximum Gasteiger partial charge on any atom is 0.333 e.